The van der Waals surface area contributed by atoms with Crippen molar-refractivity contribution in [2.75, 3.05) is 26.3 Å². The zero-order valence-corrected chi connectivity index (χ0v) is 13.4. The van der Waals surface area contributed by atoms with Crippen molar-refractivity contribution in [3.63, 3.8) is 0 Å². The van der Waals surface area contributed by atoms with Crippen LogP contribution in [0.15, 0.2) is 30.5 Å². The van der Waals surface area contributed by atoms with Crippen LogP contribution in [-0.2, 0) is 4.74 Å². The third kappa shape index (κ3) is 2.73. The highest BCUT2D eigenvalue weighted by Crippen LogP contribution is 2.23. The van der Waals surface area contributed by atoms with Crippen LogP contribution in [-0.4, -0.2) is 41.7 Å². The number of aromatic nitrogens is 1. The van der Waals surface area contributed by atoms with Crippen molar-refractivity contribution in [2.24, 2.45) is 0 Å². The average Bonchev–Trinajstić information content (AvgIpc) is 3.01. The molecular formula is C18H19N3O2. The van der Waals surface area contributed by atoms with Gasteiger partial charge in [0.25, 0.3) is 5.91 Å². The molecule has 0 atom stereocenters. The standard InChI is InChI=1S/C18H19N3O2/c1-13-4-3-5-16(14(13)2)21-7-6-15(12-19)17(21)18(22)20-8-10-23-11-9-20/h3-7H,8-11H2,1-2H3. The van der Waals surface area contributed by atoms with Crippen LogP contribution in [0.25, 0.3) is 5.69 Å². The highest BCUT2D eigenvalue weighted by molar-refractivity contribution is 5.96. The molecule has 1 saturated heterocycles. The summed E-state index contributed by atoms with van der Waals surface area (Å²) in [7, 11) is 0. The van der Waals surface area contributed by atoms with E-state index in [2.05, 4.69) is 6.07 Å². The SMILES string of the molecule is Cc1cccc(-n2ccc(C#N)c2C(=O)N2CCOCC2)c1C. The fourth-order valence-corrected chi connectivity index (χ4v) is 2.85. The Balaban J connectivity index is 2.09. The maximum absolute atomic E-state index is 12.9. The van der Waals surface area contributed by atoms with Crippen molar-refractivity contribution < 1.29 is 9.53 Å². The van der Waals surface area contributed by atoms with E-state index in [0.29, 0.717) is 37.6 Å². The van der Waals surface area contributed by atoms with Crippen LogP contribution < -0.4 is 0 Å². The minimum absolute atomic E-state index is 0.115. The molecule has 3 rings (SSSR count). The van der Waals surface area contributed by atoms with Crippen LogP contribution in [0.4, 0.5) is 0 Å². The first-order valence-electron chi connectivity index (χ1n) is 7.68. The number of hydrogen-bond donors (Lipinski definition) is 0. The van der Waals surface area contributed by atoms with Crippen LogP contribution in [0.2, 0.25) is 0 Å². The predicted octanol–water partition coefficient (Wildman–Crippen LogP) is 2.44. The summed E-state index contributed by atoms with van der Waals surface area (Å²) in [6.45, 7) is 6.26. The summed E-state index contributed by atoms with van der Waals surface area (Å²) in [4.78, 5) is 14.7. The molecule has 5 nitrogen and oxygen atoms in total. The van der Waals surface area contributed by atoms with E-state index < -0.39 is 0 Å². The highest BCUT2D eigenvalue weighted by Gasteiger charge is 2.25. The first-order chi connectivity index (χ1) is 11.1. The molecular weight excluding hydrogens is 290 g/mol. The van der Waals surface area contributed by atoms with Gasteiger partial charge in [-0.3, -0.25) is 4.79 Å². The van der Waals surface area contributed by atoms with Crippen molar-refractivity contribution in [1.29, 1.82) is 5.26 Å². The second kappa shape index (κ2) is 6.27. The molecule has 1 aromatic heterocycles. The van der Waals surface area contributed by atoms with Crippen LogP contribution in [0.5, 0.6) is 0 Å². The van der Waals surface area contributed by atoms with Gasteiger partial charge < -0.3 is 14.2 Å². The molecule has 0 bridgehead atoms. The normalized spacial score (nSPS) is 14.6. The summed E-state index contributed by atoms with van der Waals surface area (Å²) < 4.78 is 7.14. The van der Waals surface area contributed by atoms with Gasteiger partial charge in [0, 0.05) is 25.0 Å². The summed E-state index contributed by atoms with van der Waals surface area (Å²) in [5.41, 5.74) is 4.02. The van der Waals surface area contributed by atoms with E-state index in [1.807, 2.05) is 36.6 Å². The van der Waals surface area contributed by atoms with Gasteiger partial charge >= 0.3 is 0 Å². The number of ether oxygens (including phenoxy) is 1. The second-order valence-corrected chi connectivity index (χ2v) is 5.68. The number of carbonyl (C=O) groups excluding carboxylic acids is 1. The van der Waals surface area contributed by atoms with Crippen molar-refractivity contribution in [3.05, 3.63) is 52.8 Å². The maximum atomic E-state index is 12.9. The number of benzene rings is 1. The van der Waals surface area contributed by atoms with Crippen LogP contribution in [0, 0.1) is 25.2 Å². The fraction of sp³-hybridized carbons (Fsp3) is 0.333. The lowest BCUT2D eigenvalue weighted by atomic mass is 10.1. The number of hydrogen-bond acceptors (Lipinski definition) is 3. The summed E-state index contributed by atoms with van der Waals surface area (Å²) in [5, 5.41) is 9.39. The Labute approximate surface area is 135 Å². The van der Waals surface area contributed by atoms with Crippen molar-refractivity contribution in [1.82, 2.24) is 9.47 Å². The van der Waals surface area contributed by atoms with E-state index in [1.54, 1.807) is 17.2 Å². The topological polar surface area (TPSA) is 58.3 Å². The molecule has 1 aliphatic rings. The van der Waals surface area contributed by atoms with Gasteiger partial charge in [0.2, 0.25) is 0 Å². The van der Waals surface area contributed by atoms with Crippen molar-refractivity contribution in [2.45, 2.75) is 13.8 Å². The number of carbonyl (C=O) groups is 1. The van der Waals surface area contributed by atoms with E-state index in [4.69, 9.17) is 4.74 Å². The lowest BCUT2D eigenvalue weighted by Crippen LogP contribution is -2.41. The van der Waals surface area contributed by atoms with Crippen LogP contribution >= 0.6 is 0 Å². The minimum Gasteiger partial charge on any atom is -0.378 e. The molecule has 1 aliphatic heterocycles. The molecule has 23 heavy (non-hydrogen) atoms. The van der Waals surface area contributed by atoms with E-state index in [9.17, 15) is 10.1 Å². The Hall–Kier alpha value is -2.58. The van der Waals surface area contributed by atoms with E-state index in [0.717, 1.165) is 16.8 Å². The van der Waals surface area contributed by atoms with Gasteiger partial charge in [-0.2, -0.15) is 5.26 Å². The molecule has 1 amide bonds. The smallest absolute Gasteiger partial charge is 0.272 e. The monoisotopic (exact) mass is 309 g/mol. The van der Waals surface area contributed by atoms with Crippen LogP contribution in [0.1, 0.15) is 27.2 Å². The molecule has 1 fully saturated rings. The van der Waals surface area contributed by atoms with Gasteiger partial charge in [-0.15, -0.1) is 0 Å². The Morgan fingerprint density at radius 3 is 2.65 bits per heavy atom. The number of aryl methyl sites for hydroxylation is 1. The van der Waals surface area contributed by atoms with Gasteiger partial charge in [0.1, 0.15) is 11.8 Å². The Bertz CT molecular complexity index is 780. The molecule has 2 aromatic rings. The molecule has 5 heteroatoms. The van der Waals surface area contributed by atoms with Gasteiger partial charge in [-0.25, -0.2) is 0 Å². The fourth-order valence-electron chi connectivity index (χ4n) is 2.85. The number of nitriles is 1. The number of rotatable bonds is 2. The maximum Gasteiger partial charge on any atom is 0.272 e. The Kier molecular flexibility index (Phi) is 4.18. The Morgan fingerprint density at radius 2 is 1.96 bits per heavy atom. The lowest BCUT2D eigenvalue weighted by molar-refractivity contribution is 0.0297. The molecule has 0 unspecified atom stereocenters. The molecule has 0 spiro atoms. The second-order valence-electron chi connectivity index (χ2n) is 5.68. The predicted molar refractivity (Wildman–Crippen MR) is 86.7 cm³/mol. The third-order valence-corrected chi connectivity index (χ3v) is 4.34. The van der Waals surface area contributed by atoms with Crippen LogP contribution in [0.3, 0.4) is 0 Å². The summed E-state index contributed by atoms with van der Waals surface area (Å²) in [6.07, 6.45) is 1.80. The third-order valence-electron chi connectivity index (χ3n) is 4.34. The molecule has 0 aliphatic carbocycles. The molecule has 0 saturated carbocycles. The number of nitrogens with zero attached hydrogens (tertiary/aromatic N) is 3. The first kappa shape index (κ1) is 15.3. The van der Waals surface area contributed by atoms with Gasteiger partial charge in [-0.05, 0) is 37.1 Å². The van der Waals surface area contributed by atoms with Crippen molar-refractivity contribution in [3.8, 4) is 11.8 Å². The quantitative estimate of drug-likeness (QED) is 0.856. The zero-order valence-electron chi connectivity index (χ0n) is 13.4. The Morgan fingerprint density at radius 1 is 1.22 bits per heavy atom. The van der Waals surface area contributed by atoms with Gasteiger partial charge in [-0.1, -0.05) is 12.1 Å². The van der Waals surface area contributed by atoms with Gasteiger partial charge in [0.05, 0.1) is 18.8 Å². The number of amides is 1. The zero-order chi connectivity index (χ0) is 16.4. The molecule has 118 valence electrons. The van der Waals surface area contributed by atoms with Crippen molar-refractivity contribution >= 4 is 5.91 Å². The largest absolute Gasteiger partial charge is 0.378 e. The minimum atomic E-state index is -0.115. The van der Waals surface area contributed by atoms with Gasteiger partial charge in [0.15, 0.2) is 0 Å². The average molecular weight is 309 g/mol. The summed E-state index contributed by atoms with van der Waals surface area (Å²) in [5.74, 6) is -0.115. The first-order valence-corrected chi connectivity index (χ1v) is 7.68. The summed E-state index contributed by atoms with van der Waals surface area (Å²) in [6, 6.07) is 9.82. The van der Waals surface area contributed by atoms with E-state index in [1.165, 1.54) is 0 Å². The molecule has 0 N–H and O–H groups in total. The number of morpholine rings is 1. The summed E-state index contributed by atoms with van der Waals surface area (Å²) >= 11 is 0. The highest BCUT2D eigenvalue weighted by atomic mass is 16.5. The molecule has 0 radical (unpaired) electrons. The van der Waals surface area contributed by atoms with E-state index in [-0.39, 0.29) is 5.91 Å². The lowest BCUT2D eigenvalue weighted by Gasteiger charge is -2.27. The van der Waals surface area contributed by atoms with E-state index >= 15 is 0 Å². The molecule has 1 aromatic carbocycles. The molecule has 2 heterocycles.